The lowest BCUT2D eigenvalue weighted by molar-refractivity contribution is -0.126. The molecule has 0 saturated carbocycles. The lowest BCUT2D eigenvalue weighted by atomic mass is 10.1. The summed E-state index contributed by atoms with van der Waals surface area (Å²) in [6.07, 6.45) is 5.10. The lowest BCUT2D eigenvalue weighted by Crippen LogP contribution is -2.18. The molecule has 0 amide bonds. The van der Waals surface area contributed by atoms with Crippen molar-refractivity contribution in [2.45, 2.75) is 0 Å². The summed E-state index contributed by atoms with van der Waals surface area (Å²) in [5.41, 5.74) is 2.25. The highest BCUT2D eigenvalue weighted by Crippen LogP contribution is 2.19. The maximum atomic E-state index is 11.5. The fraction of sp³-hybridized carbons (Fsp3) is 0.0833. The molecule has 0 aliphatic carbocycles. The van der Waals surface area contributed by atoms with Crippen LogP contribution in [-0.4, -0.2) is 36.8 Å². The predicted molar refractivity (Wildman–Crippen MR) is 69.4 cm³/mol. The van der Waals surface area contributed by atoms with E-state index in [0.717, 1.165) is 11.1 Å². The van der Waals surface area contributed by atoms with Gasteiger partial charge in [0.25, 0.3) is 0 Å². The van der Waals surface area contributed by atoms with Gasteiger partial charge in [0, 0.05) is 18.6 Å². The first-order valence-electron chi connectivity index (χ1n) is 5.37. The Hall–Kier alpha value is -2.57. The van der Waals surface area contributed by atoms with Crippen molar-refractivity contribution in [2.75, 3.05) is 7.11 Å². The fourth-order valence-electron chi connectivity index (χ4n) is 1.59. The summed E-state index contributed by atoms with van der Waals surface area (Å²) in [7, 11) is 6.18. The first-order valence-corrected chi connectivity index (χ1v) is 5.37. The molecule has 0 bridgehead atoms. The number of nitrogens with zero attached hydrogens (tertiary/aromatic N) is 2. The Bertz CT molecular complexity index is 595. The van der Waals surface area contributed by atoms with Gasteiger partial charge in [0.1, 0.15) is 7.11 Å². The van der Waals surface area contributed by atoms with Gasteiger partial charge in [-0.2, -0.15) is 0 Å². The summed E-state index contributed by atoms with van der Waals surface area (Å²) in [5.74, 6) is -0.787. The molecular weight excluding hydrogens is 245 g/mol. The van der Waals surface area contributed by atoms with E-state index in [2.05, 4.69) is 24.6 Å². The van der Waals surface area contributed by atoms with E-state index in [9.17, 15) is 4.79 Å². The molecule has 94 valence electrons. The summed E-state index contributed by atoms with van der Waals surface area (Å²) in [6.45, 7) is 0. The summed E-state index contributed by atoms with van der Waals surface area (Å²) in [6, 6.07) is 5.44. The number of H-pyrrole nitrogens is 1. The highest BCUT2D eigenvalue weighted by molar-refractivity contribution is 6.45. The Labute approximate surface area is 110 Å². The molecule has 1 N–H and O–H groups in total. The van der Waals surface area contributed by atoms with Crippen molar-refractivity contribution < 1.29 is 14.3 Å². The molecule has 0 atom stereocenters. The van der Waals surface area contributed by atoms with Gasteiger partial charge in [0.05, 0.1) is 5.69 Å². The molecule has 0 aromatic carbocycles. The molecule has 0 unspecified atom stereocenters. The van der Waals surface area contributed by atoms with Crippen LogP contribution in [0.4, 0.5) is 0 Å². The molecule has 6 nitrogen and oxygen atoms in total. The van der Waals surface area contributed by atoms with Crippen LogP contribution in [-0.2, 0) is 14.3 Å². The third-order valence-electron chi connectivity index (χ3n) is 2.43. The largest absolute Gasteiger partial charge is 0.539 e. The van der Waals surface area contributed by atoms with Crippen LogP contribution in [0.2, 0.25) is 0 Å². The van der Waals surface area contributed by atoms with Gasteiger partial charge in [-0.25, -0.2) is 4.79 Å². The average molecular weight is 255 g/mol. The maximum Gasteiger partial charge on any atom is 0.378 e. The van der Waals surface area contributed by atoms with Crippen LogP contribution in [0.25, 0.3) is 11.1 Å². The van der Waals surface area contributed by atoms with Gasteiger partial charge in [-0.15, -0.1) is 0 Å². The molecule has 0 aliphatic heterocycles. The van der Waals surface area contributed by atoms with E-state index >= 15 is 0 Å². The molecule has 0 aliphatic rings. The van der Waals surface area contributed by atoms with Gasteiger partial charge in [0.15, 0.2) is 0 Å². The van der Waals surface area contributed by atoms with Crippen LogP contribution in [0.5, 0.6) is 0 Å². The Balaban J connectivity index is 2.35. The lowest BCUT2D eigenvalue weighted by Gasteiger charge is -2.01. The minimum Gasteiger partial charge on any atom is -0.539 e. The Morgan fingerprint density at radius 3 is 2.74 bits per heavy atom. The quantitative estimate of drug-likeness (QED) is 0.503. The minimum atomic E-state index is -0.787. The zero-order valence-electron chi connectivity index (χ0n) is 10.2. The second-order valence-electron chi connectivity index (χ2n) is 3.57. The third-order valence-corrected chi connectivity index (χ3v) is 2.43. The second kappa shape index (κ2) is 5.86. The van der Waals surface area contributed by atoms with Crippen molar-refractivity contribution in [3.63, 3.8) is 0 Å². The standard InChI is InChI=1S/C12H10BN3O3/c1-18-16-11(12(17)19-13)10-6-9(7-15-10)8-2-4-14-5-3-8/h2-7,15H,1H3/b16-11-. The normalized spacial score (nSPS) is 11.1. The SMILES string of the molecule is [B]OC(=O)/C(=N\OC)c1cc(-c2ccncc2)c[nH]1. The number of aromatic amines is 1. The minimum absolute atomic E-state index is 0.0368. The zero-order chi connectivity index (χ0) is 13.7. The molecule has 2 rings (SSSR count). The summed E-state index contributed by atoms with van der Waals surface area (Å²) in [5, 5.41) is 3.59. The summed E-state index contributed by atoms with van der Waals surface area (Å²) >= 11 is 0. The Morgan fingerprint density at radius 2 is 2.11 bits per heavy atom. The summed E-state index contributed by atoms with van der Waals surface area (Å²) < 4.78 is 4.15. The van der Waals surface area contributed by atoms with E-state index in [4.69, 9.17) is 8.05 Å². The Morgan fingerprint density at radius 1 is 1.37 bits per heavy atom. The van der Waals surface area contributed by atoms with Gasteiger partial charge >= 0.3 is 14.0 Å². The number of rotatable bonds is 4. The van der Waals surface area contributed by atoms with Crippen molar-refractivity contribution in [3.8, 4) is 11.1 Å². The molecular formula is C12H10BN3O3. The van der Waals surface area contributed by atoms with Crippen LogP contribution >= 0.6 is 0 Å². The number of pyridine rings is 1. The first kappa shape index (κ1) is 12.9. The van der Waals surface area contributed by atoms with Crippen molar-refractivity contribution in [1.82, 2.24) is 9.97 Å². The third kappa shape index (κ3) is 2.82. The number of oxime groups is 1. The molecule has 2 radical (unpaired) electrons. The average Bonchev–Trinajstić information content (AvgIpc) is 2.94. The number of nitrogens with one attached hydrogen (secondary N) is 1. The van der Waals surface area contributed by atoms with Crippen molar-refractivity contribution in [1.29, 1.82) is 0 Å². The van der Waals surface area contributed by atoms with Crippen LogP contribution < -0.4 is 0 Å². The first-order chi connectivity index (χ1) is 9.26. The van der Waals surface area contributed by atoms with E-state index in [-0.39, 0.29) is 5.71 Å². The van der Waals surface area contributed by atoms with E-state index in [1.807, 2.05) is 12.1 Å². The molecule has 2 heterocycles. The number of aromatic nitrogens is 2. The monoisotopic (exact) mass is 255 g/mol. The highest BCUT2D eigenvalue weighted by atomic mass is 16.6. The predicted octanol–water partition coefficient (Wildman–Crippen LogP) is 1.05. The van der Waals surface area contributed by atoms with Crippen molar-refractivity contribution >= 4 is 19.7 Å². The smallest absolute Gasteiger partial charge is 0.378 e. The number of carbonyl (C=O) groups excluding carboxylic acids is 1. The van der Waals surface area contributed by atoms with Gasteiger partial charge in [-0.1, -0.05) is 5.16 Å². The van der Waals surface area contributed by atoms with E-state index in [1.165, 1.54) is 7.11 Å². The molecule has 7 heteroatoms. The van der Waals surface area contributed by atoms with Gasteiger partial charge in [0.2, 0.25) is 5.71 Å². The molecule has 0 fully saturated rings. The van der Waals surface area contributed by atoms with Crippen LogP contribution in [0.3, 0.4) is 0 Å². The van der Waals surface area contributed by atoms with E-state index in [1.54, 1.807) is 24.7 Å². The number of carbonyl (C=O) groups is 1. The maximum absolute atomic E-state index is 11.5. The molecule has 0 saturated heterocycles. The van der Waals surface area contributed by atoms with Gasteiger partial charge in [-0.05, 0) is 29.3 Å². The highest BCUT2D eigenvalue weighted by Gasteiger charge is 2.17. The van der Waals surface area contributed by atoms with Crippen molar-refractivity contribution in [3.05, 3.63) is 42.5 Å². The van der Waals surface area contributed by atoms with E-state index < -0.39 is 5.97 Å². The molecule has 19 heavy (non-hydrogen) atoms. The van der Waals surface area contributed by atoms with Crippen LogP contribution in [0.15, 0.2) is 41.9 Å². The van der Waals surface area contributed by atoms with Gasteiger partial charge < -0.3 is 14.5 Å². The van der Waals surface area contributed by atoms with Crippen molar-refractivity contribution in [2.24, 2.45) is 5.16 Å². The number of hydrogen-bond donors (Lipinski definition) is 1. The van der Waals surface area contributed by atoms with Crippen LogP contribution in [0, 0.1) is 0 Å². The molecule has 2 aromatic rings. The number of hydrogen-bond acceptors (Lipinski definition) is 5. The topological polar surface area (TPSA) is 76.6 Å². The summed E-state index contributed by atoms with van der Waals surface area (Å²) in [4.78, 5) is 22.9. The molecule has 2 aromatic heterocycles. The second-order valence-corrected chi connectivity index (χ2v) is 3.57. The van der Waals surface area contributed by atoms with E-state index in [0.29, 0.717) is 5.69 Å². The van der Waals surface area contributed by atoms with Crippen LogP contribution in [0.1, 0.15) is 5.69 Å². The fourth-order valence-corrected chi connectivity index (χ4v) is 1.59. The molecule has 0 spiro atoms. The van der Waals surface area contributed by atoms with Gasteiger partial charge in [-0.3, -0.25) is 4.98 Å². The zero-order valence-corrected chi connectivity index (χ0v) is 10.2. The Kier molecular flexibility index (Phi) is 3.97.